The van der Waals surface area contributed by atoms with Crippen molar-refractivity contribution >= 4 is 6.09 Å². The number of hydrogen-bond donors (Lipinski definition) is 1. The van der Waals surface area contributed by atoms with Crippen LogP contribution in [0.4, 0.5) is 4.79 Å². The van der Waals surface area contributed by atoms with Crippen LogP contribution < -0.4 is 5.32 Å². The third kappa shape index (κ3) is 14.5. The fourth-order valence-electron chi connectivity index (χ4n) is 1.02. The zero-order valence-electron chi connectivity index (χ0n) is 11.9. The van der Waals surface area contributed by atoms with Gasteiger partial charge in [0.25, 0.3) is 0 Å². The van der Waals surface area contributed by atoms with Gasteiger partial charge in [-0.15, -0.1) is 0 Å². The molecule has 6 heteroatoms. The van der Waals surface area contributed by atoms with Crippen LogP contribution in [0.2, 0.25) is 0 Å². The van der Waals surface area contributed by atoms with Crippen molar-refractivity contribution in [1.82, 2.24) is 5.32 Å². The van der Waals surface area contributed by atoms with Gasteiger partial charge in [-0.1, -0.05) is 6.42 Å². The molecule has 19 heavy (non-hydrogen) atoms. The normalized spacial score (nSPS) is 10.6. The Bertz CT molecular complexity index is 280. The van der Waals surface area contributed by atoms with E-state index in [0.717, 1.165) is 0 Å². The van der Waals surface area contributed by atoms with Crippen LogP contribution in [-0.2, 0) is 18.9 Å². The second-order valence-electron chi connectivity index (χ2n) is 4.62. The standard InChI is InChI=1S/C13H23NO5/c1-5-16-8-9-18-11-10-17-7-6-14-12(15)19-13(2,3)4/h1H,6-11H2,2-4H3,(H,14,15). The molecule has 0 heterocycles. The van der Waals surface area contributed by atoms with Crippen LogP contribution in [-0.4, -0.2) is 51.3 Å². The minimum absolute atomic E-state index is 0.372. The van der Waals surface area contributed by atoms with Crippen LogP contribution >= 0.6 is 0 Å². The maximum Gasteiger partial charge on any atom is 0.407 e. The van der Waals surface area contributed by atoms with E-state index >= 15 is 0 Å². The molecule has 6 nitrogen and oxygen atoms in total. The molecular formula is C13H23NO5. The summed E-state index contributed by atoms with van der Waals surface area (Å²) < 4.78 is 20.1. The lowest BCUT2D eigenvalue weighted by atomic mass is 10.2. The van der Waals surface area contributed by atoms with Gasteiger partial charge in [-0.25, -0.2) is 4.79 Å². The van der Waals surface area contributed by atoms with Crippen molar-refractivity contribution in [1.29, 1.82) is 0 Å². The first-order chi connectivity index (χ1) is 8.95. The Kier molecular flexibility index (Phi) is 9.67. The Hall–Kier alpha value is -1.45. The molecule has 0 aromatic rings. The second-order valence-corrected chi connectivity index (χ2v) is 4.62. The van der Waals surface area contributed by atoms with E-state index in [-0.39, 0.29) is 0 Å². The summed E-state index contributed by atoms with van der Waals surface area (Å²) >= 11 is 0. The Morgan fingerprint density at radius 1 is 1.11 bits per heavy atom. The number of ether oxygens (including phenoxy) is 4. The lowest BCUT2D eigenvalue weighted by Gasteiger charge is -2.19. The highest BCUT2D eigenvalue weighted by Crippen LogP contribution is 2.05. The fourth-order valence-corrected chi connectivity index (χ4v) is 1.02. The topological polar surface area (TPSA) is 66.0 Å². The SMILES string of the molecule is C#COCCOCCOCCNC(=O)OC(C)(C)C. The Morgan fingerprint density at radius 3 is 2.26 bits per heavy atom. The summed E-state index contributed by atoms with van der Waals surface area (Å²) in [6.45, 7) is 7.95. The molecule has 0 saturated carbocycles. The highest BCUT2D eigenvalue weighted by Gasteiger charge is 2.15. The maximum atomic E-state index is 11.3. The van der Waals surface area contributed by atoms with E-state index in [9.17, 15) is 4.79 Å². The van der Waals surface area contributed by atoms with Gasteiger partial charge in [0, 0.05) is 6.54 Å². The fraction of sp³-hybridized carbons (Fsp3) is 0.769. The summed E-state index contributed by atoms with van der Waals surface area (Å²) in [5, 5.41) is 2.59. The maximum absolute atomic E-state index is 11.3. The highest BCUT2D eigenvalue weighted by molar-refractivity contribution is 5.67. The van der Waals surface area contributed by atoms with E-state index < -0.39 is 11.7 Å². The summed E-state index contributed by atoms with van der Waals surface area (Å²) in [4.78, 5) is 11.3. The summed E-state index contributed by atoms with van der Waals surface area (Å²) in [5.41, 5.74) is -0.487. The van der Waals surface area contributed by atoms with E-state index in [1.807, 2.05) is 26.9 Å². The molecule has 0 fully saturated rings. The smallest absolute Gasteiger partial charge is 0.407 e. The third-order valence-corrected chi connectivity index (χ3v) is 1.70. The predicted octanol–water partition coefficient (Wildman–Crippen LogP) is 1.15. The summed E-state index contributed by atoms with van der Waals surface area (Å²) in [6, 6.07) is 0. The minimum atomic E-state index is -0.487. The van der Waals surface area contributed by atoms with Crippen LogP contribution in [0.5, 0.6) is 0 Å². The molecule has 0 radical (unpaired) electrons. The Balaban J connectivity index is 3.23. The molecule has 0 aliphatic carbocycles. The molecule has 1 N–H and O–H groups in total. The quantitative estimate of drug-likeness (QED) is 0.504. The number of rotatable bonds is 9. The van der Waals surface area contributed by atoms with Gasteiger partial charge in [0.05, 0.1) is 26.4 Å². The molecule has 0 aromatic carbocycles. The Morgan fingerprint density at radius 2 is 1.68 bits per heavy atom. The van der Waals surface area contributed by atoms with Crippen LogP contribution in [0, 0.1) is 12.5 Å². The number of hydrogen-bond acceptors (Lipinski definition) is 5. The van der Waals surface area contributed by atoms with E-state index in [4.69, 9.17) is 20.6 Å². The van der Waals surface area contributed by atoms with E-state index in [2.05, 4.69) is 10.1 Å². The van der Waals surface area contributed by atoms with Crippen LogP contribution in [0.15, 0.2) is 0 Å². The molecule has 0 rings (SSSR count). The molecule has 0 aromatic heterocycles. The van der Waals surface area contributed by atoms with Crippen LogP contribution in [0.1, 0.15) is 20.8 Å². The van der Waals surface area contributed by atoms with E-state index in [1.165, 1.54) is 0 Å². The van der Waals surface area contributed by atoms with Crippen molar-refractivity contribution < 1.29 is 23.7 Å². The molecule has 0 unspecified atom stereocenters. The van der Waals surface area contributed by atoms with Gasteiger partial charge in [0.1, 0.15) is 18.3 Å². The van der Waals surface area contributed by atoms with E-state index in [0.29, 0.717) is 39.6 Å². The lowest BCUT2D eigenvalue weighted by Crippen LogP contribution is -2.34. The van der Waals surface area contributed by atoms with Gasteiger partial charge >= 0.3 is 6.09 Å². The number of carbonyl (C=O) groups is 1. The van der Waals surface area contributed by atoms with Crippen molar-refractivity contribution in [3.05, 3.63) is 0 Å². The van der Waals surface area contributed by atoms with Crippen LogP contribution in [0.25, 0.3) is 0 Å². The zero-order chi connectivity index (χ0) is 14.6. The first kappa shape index (κ1) is 17.6. The first-order valence-electron chi connectivity index (χ1n) is 6.15. The predicted molar refractivity (Wildman–Crippen MR) is 70.7 cm³/mol. The number of amides is 1. The van der Waals surface area contributed by atoms with Gasteiger partial charge in [0.15, 0.2) is 0 Å². The zero-order valence-corrected chi connectivity index (χ0v) is 11.9. The second kappa shape index (κ2) is 10.5. The van der Waals surface area contributed by atoms with E-state index in [1.54, 1.807) is 0 Å². The molecule has 0 atom stereocenters. The summed E-state index contributed by atoms with van der Waals surface area (Å²) in [5.74, 6) is 0. The lowest BCUT2D eigenvalue weighted by molar-refractivity contribution is 0.0301. The molecular weight excluding hydrogens is 250 g/mol. The summed E-state index contributed by atoms with van der Waals surface area (Å²) in [6.07, 6.45) is 6.49. The number of nitrogens with one attached hydrogen (secondary N) is 1. The number of terminal acetylenes is 1. The molecule has 1 amide bonds. The highest BCUT2D eigenvalue weighted by atomic mass is 16.6. The minimum Gasteiger partial charge on any atom is -0.444 e. The molecule has 0 spiro atoms. The molecule has 0 saturated heterocycles. The average molecular weight is 273 g/mol. The first-order valence-corrected chi connectivity index (χ1v) is 6.15. The van der Waals surface area contributed by atoms with Gasteiger partial charge in [0.2, 0.25) is 0 Å². The van der Waals surface area contributed by atoms with Crippen molar-refractivity contribution in [3.8, 4) is 12.5 Å². The molecule has 0 bridgehead atoms. The van der Waals surface area contributed by atoms with Crippen molar-refractivity contribution in [2.24, 2.45) is 0 Å². The van der Waals surface area contributed by atoms with Crippen molar-refractivity contribution in [3.63, 3.8) is 0 Å². The van der Waals surface area contributed by atoms with Crippen LogP contribution in [0.3, 0.4) is 0 Å². The number of alkyl carbamates (subject to hydrolysis) is 1. The van der Waals surface area contributed by atoms with Gasteiger partial charge in [-0.05, 0) is 20.8 Å². The largest absolute Gasteiger partial charge is 0.444 e. The Labute approximate surface area is 114 Å². The van der Waals surface area contributed by atoms with Gasteiger partial charge in [-0.2, -0.15) is 0 Å². The van der Waals surface area contributed by atoms with Crippen molar-refractivity contribution in [2.45, 2.75) is 26.4 Å². The van der Waals surface area contributed by atoms with Gasteiger partial charge < -0.3 is 24.3 Å². The van der Waals surface area contributed by atoms with Gasteiger partial charge in [-0.3, -0.25) is 0 Å². The third-order valence-electron chi connectivity index (χ3n) is 1.70. The molecule has 0 aliphatic heterocycles. The average Bonchev–Trinajstić information content (AvgIpc) is 2.29. The summed E-state index contributed by atoms with van der Waals surface area (Å²) in [7, 11) is 0. The number of carbonyl (C=O) groups excluding carboxylic acids is 1. The molecule has 110 valence electrons. The monoisotopic (exact) mass is 273 g/mol. The van der Waals surface area contributed by atoms with Crippen molar-refractivity contribution in [2.75, 3.05) is 39.6 Å². The molecule has 0 aliphatic rings.